The second-order valence-corrected chi connectivity index (χ2v) is 7.34. The Morgan fingerprint density at radius 2 is 1.88 bits per heavy atom. The molecular formula is C18H21N5O2S. The molecule has 3 aromatic rings. The Morgan fingerprint density at radius 1 is 1.08 bits per heavy atom. The van der Waals surface area contributed by atoms with Gasteiger partial charge in [-0.25, -0.2) is 0 Å². The summed E-state index contributed by atoms with van der Waals surface area (Å²) in [5, 5.41) is 15.9. The molecule has 3 heterocycles. The molecule has 0 saturated heterocycles. The highest BCUT2D eigenvalue weighted by Crippen LogP contribution is 2.14. The van der Waals surface area contributed by atoms with Gasteiger partial charge < -0.3 is 10.6 Å². The standard InChI is InChI=1S/C18H21N5O2S/c1-11(2)15(20-17(24)13-7-6-10-26-13)18(25)19-12(3)16-22-21-14-8-4-5-9-23(14)16/h4-12,15H,1-3H3,(H,19,25)(H,20,24). The second-order valence-electron chi connectivity index (χ2n) is 6.39. The van der Waals surface area contributed by atoms with Gasteiger partial charge in [0.1, 0.15) is 6.04 Å². The van der Waals surface area contributed by atoms with Gasteiger partial charge in [0.05, 0.1) is 10.9 Å². The van der Waals surface area contributed by atoms with Crippen molar-refractivity contribution in [3.63, 3.8) is 0 Å². The normalized spacial score (nSPS) is 13.5. The van der Waals surface area contributed by atoms with Gasteiger partial charge in [0.25, 0.3) is 5.91 Å². The molecule has 2 N–H and O–H groups in total. The molecule has 0 aliphatic carbocycles. The number of carbonyl (C=O) groups is 2. The maximum Gasteiger partial charge on any atom is 0.262 e. The molecule has 7 nitrogen and oxygen atoms in total. The summed E-state index contributed by atoms with van der Waals surface area (Å²) in [5.74, 6) is 0.0989. The minimum absolute atomic E-state index is 0.0544. The van der Waals surface area contributed by atoms with Gasteiger partial charge in [-0.3, -0.25) is 14.0 Å². The smallest absolute Gasteiger partial charge is 0.262 e. The molecular weight excluding hydrogens is 350 g/mol. The topological polar surface area (TPSA) is 88.4 Å². The highest BCUT2D eigenvalue weighted by Gasteiger charge is 2.27. The Bertz CT molecular complexity index is 903. The number of hydrogen-bond donors (Lipinski definition) is 2. The van der Waals surface area contributed by atoms with Crippen LogP contribution in [0.4, 0.5) is 0 Å². The number of nitrogens with one attached hydrogen (secondary N) is 2. The van der Waals surface area contributed by atoms with Gasteiger partial charge in [0.15, 0.2) is 11.5 Å². The summed E-state index contributed by atoms with van der Waals surface area (Å²) in [6.45, 7) is 5.64. The molecule has 26 heavy (non-hydrogen) atoms. The molecule has 2 atom stereocenters. The quantitative estimate of drug-likeness (QED) is 0.696. The van der Waals surface area contributed by atoms with Gasteiger partial charge in [-0.1, -0.05) is 26.0 Å². The first kappa shape index (κ1) is 18.1. The van der Waals surface area contributed by atoms with Gasteiger partial charge in [-0.2, -0.15) is 0 Å². The van der Waals surface area contributed by atoms with E-state index in [4.69, 9.17) is 0 Å². The van der Waals surface area contributed by atoms with E-state index >= 15 is 0 Å². The lowest BCUT2D eigenvalue weighted by atomic mass is 10.0. The molecule has 0 aliphatic heterocycles. The number of rotatable bonds is 6. The van der Waals surface area contributed by atoms with Crippen LogP contribution in [0.3, 0.4) is 0 Å². The Balaban J connectivity index is 1.72. The van der Waals surface area contributed by atoms with E-state index in [2.05, 4.69) is 20.8 Å². The summed E-state index contributed by atoms with van der Waals surface area (Å²) in [5.41, 5.74) is 0.718. The lowest BCUT2D eigenvalue weighted by Crippen LogP contribution is -2.50. The van der Waals surface area contributed by atoms with Crippen molar-refractivity contribution < 1.29 is 9.59 Å². The average molecular weight is 371 g/mol. The predicted octanol–water partition coefficient (Wildman–Crippen LogP) is 2.42. The van der Waals surface area contributed by atoms with Gasteiger partial charge >= 0.3 is 0 Å². The number of nitrogens with zero attached hydrogens (tertiary/aromatic N) is 3. The lowest BCUT2D eigenvalue weighted by Gasteiger charge is -2.23. The SMILES string of the molecule is CC(NC(=O)C(NC(=O)c1cccs1)C(C)C)c1nnc2ccccn12. The summed E-state index contributed by atoms with van der Waals surface area (Å²) in [7, 11) is 0. The second kappa shape index (κ2) is 7.65. The predicted molar refractivity (Wildman–Crippen MR) is 100.0 cm³/mol. The van der Waals surface area contributed by atoms with E-state index in [1.165, 1.54) is 11.3 Å². The van der Waals surface area contributed by atoms with E-state index in [1.54, 1.807) is 6.07 Å². The summed E-state index contributed by atoms with van der Waals surface area (Å²) in [4.78, 5) is 25.6. The molecule has 3 aromatic heterocycles. The summed E-state index contributed by atoms with van der Waals surface area (Å²) >= 11 is 1.34. The van der Waals surface area contributed by atoms with E-state index in [1.807, 2.05) is 61.0 Å². The van der Waals surface area contributed by atoms with Crippen molar-refractivity contribution in [2.24, 2.45) is 5.92 Å². The average Bonchev–Trinajstić information content (AvgIpc) is 3.28. The fourth-order valence-corrected chi connectivity index (χ4v) is 3.30. The van der Waals surface area contributed by atoms with E-state index in [-0.39, 0.29) is 23.8 Å². The Labute approximate surface area is 155 Å². The molecule has 0 fully saturated rings. The molecule has 0 spiro atoms. The van der Waals surface area contributed by atoms with Crippen molar-refractivity contribution in [2.45, 2.75) is 32.9 Å². The van der Waals surface area contributed by atoms with E-state index < -0.39 is 6.04 Å². The van der Waals surface area contributed by atoms with Gasteiger partial charge in [-0.15, -0.1) is 21.5 Å². The minimum atomic E-state index is -0.633. The third-order valence-electron chi connectivity index (χ3n) is 4.07. The van der Waals surface area contributed by atoms with Gasteiger partial charge in [0.2, 0.25) is 5.91 Å². The third kappa shape index (κ3) is 3.75. The van der Waals surface area contributed by atoms with Crippen LogP contribution in [0.5, 0.6) is 0 Å². The van der Waals surface area contributed by atoms with Crippen LogP contribution in [0, 0.1) is 5.92 Å². The van der Waals surface area contributed by atoms with E-state index in [9.17, 15) is 9.59 Å². The largest absolute Gasteiger partial charge is 0.345 e. The monoisotopic (exact) mass is 371 g/mol. The lowest BCUT2D eigenvalue weighted by molar-refractivity contribution is -0.124. The number of hydrogen-bond acceptors (Lipinski definition) is 5. The highest BCUT2D eigenvalue weighted by atomic mass is 32.1. The number of aromatic nitrogens is 3. The molecule has 2 amide bonds. The highest BCUT2D eigenvalue weighted by molar-refractivity contribution is 7.12. The summed E-state index contributed by atoms with van der Waals surface area (Å²) < 4.78 is 1.83. The van der Waals surface area contributed by atoms with Crippen molar-refractivity contribution in [1.29, 1.82) is 0 Å². The molecule has 0 bridgehead atoms. The van der Waals surface area contributed by atoms with Crippen molar-refractivity contribution in [3.05, 3.63) is 52.6 Å². The van der Waals surface area contributed by atoms with Crippen LogP contribution in [0.25, 0.3) is 5.65 Å². The molecule has 136 valence electrons. The fraction of sp³-hybridized carbons (Fsp3) is 0.333. The number of thiophene rings is 1. The summed E-state index contributed by atoms with van der Waals surface area (Å²) in [6, 6.07) is 8.18. The first-order valence-electron chi connectivity index (χ1n) is 8.41. The fourth-order valence-electron chi connectivity index (χ4n) is 2.68. The van der Waals surface area contributed by atoms with Crippen molar-refractivity contribution in [2.75, 3.05) is 0 Å². The van der Waals surface area contributed by atoms with Crippen LogP contribution in [-0.4, -0.2) is 32.5 Å². The molecule has 8 heteroatoms. The van der Waals surface area contributed by atoms with Crippen LogP contribution >= 0.6 is 11.3 Å². The zero-order chi connectivity index (χ0) is 18.7. The van der Waals surface area contributed by atoms with Gasteiger partial charge in [-0.05, 0) is 36.4 Å². The van der Waals surface area contributed by atoms with Crippen molar-refractivity contribution >= 4 is 28.8 Å². The first-order valence-corrected chi connectivity index (χ1v) is 9.29. The number of carbonyl (C=O) groups excluding carboxylic acids is 2. The molecule has 0 aromatic carbocycles. The van der Waals surface area contributed by atoms with Crippen LogP contribution in [0.2, 0.25) is 0 Å². The van der Waals surface area contributed by atoms with Crippen LogP contribution < -0.4 is 10.6 Å². The maximum absolute atomic E-state index is 12.8. The minimum Gasteiger partial charge on any atom is -0.345 e. The number of amides is 2. The zero-order valence-electron chi connectivity index (χ0n) is 14.8. The Kier molecular flexibility index (Phi) is 5.32. The maximum atomic E-state index is 12.8. The molecule has 0 radical (unpaired) electrons. The van der Waals surface area contributed by atoms with Crippen molar-refractivity contribution in [1.82, 2.24) is 25.2 Å². The Hall–Kier alpha value is -2.74. The van der Waals surface area contributed by atoms with E-state index in [0.29, 0.717) is 10.7 Å². The van der Waals surface area contributed by atoms with E-state index in [0.717, 1.165) is 5.65 Å². The molecule has 0 saturated carbocycles. The summed E-state index contributed by atoms with van der Waals surface area (Å²) in [6.07, 6.45) is 1.85. The van der Waals surface area contributed by atoms with Crippen LogP contribution in [0.15, 0.2) is 41.9 Å². The zero-order valence-corrected chi connectivity index (χ0v) is 15.7. The number of pyridine rings is 1. The third-order valence-corrected chi connectivity index (χ3v) is 4.94. The van der Waals surface area contributed by atoms with Crippen molar-refractivity contribution in [3.8, 4) is 0 Å². The molecule has 2 unspecified atom stereocenters. The molecule has 3 rings (SSSR count). The number of fused-ring (bicyclic) bond motifs is 1. The van der Waals surface area contributed by atoms with Gasteiger partial charge in [0, 0.05) is 6.20 Å². The first-order chi connectivity index (χ1) is 12.5. The Morgan fingerprint density at radius 3 is 2.58 bits per heavy atom. The van der Waals surface area contributed by atoms with Crippen LogP contribution in [-0.2, 0) is 4.79 Å². The van der Waals surface area contributed by atoms with Crippen LogP contribution in [0.1, 0.15) is 42.3 Å². The molecule has 0 aliphatic rings.